The van der Waals surface area contributed by atoms with Crippen molar-refractivity contribution in [1.29, 1.82) is 0 Å². The average molecular weight is 266 g/mol. The summed E-state index contributed by atoms with van der Waals surface area (Å²) >= 11 is 1.84. The van der Waals surface area contributed by atoms with Crippen LogP contribution in [-0.4, -0.2) is 33.5 Å². The largest absolute Gasteiger partial charge is 0.394 e. The van der Waals surface area contributed by atoms with Gasteiger partial charge < -0.3 is 10.4 Å². The molecule has 0 amide bonds. The highest BCUT2D eigenvalue weighted by Gasteiger charge is 2.33. The van der Waals surface area contributed by atoms with Gasteiger partial charge in [-0.25, -0.2) is 0 Å². The molecule has 0 spiro atoms. The summed E-state index contributed by atoms with van der Waals surface area (Å²) in [6.45, 7) is 4.53. The van der Waals surface area contributed by atoms with Gasteiger partial charge in [-0.15, -0.1) is 11.8 Å². The highest BCUT2D eigenvalue weighted by Crippen LogP contribution is 2.30. The fourth-order valence-electron chi connectivity index (χ4n) is 2.21. The molecule has 0 aliphatic heterocycles. The number of hydrogen-bond donors (Lipinski definition) is 2. The minimum absolute atomic E-state index is 0.152. The fourth-order valence-corrected chi connectivity index (χ4v) is 3.41. The third-order valence-electron chi connectivity index (χ3n) is 3.20. The summed E-state index contributed by atoms with van der Waals surface area (Å²) < 4.78 is 0. The minimum Gasteiger partial charge on any atom is -0.394 e. The van der Waals surface area contributed by atoms with Gasteiger partial charge in [0.25, 0.3) is 0 Å². The van der Waals surface area contributed by atoms with Crippen molar-refractivity contribution < 1.29 is 5.11 Å². The van der Waals surface area contributed by atoms with Crippen LogP contribution in [0.5, 0.6) is 0 Å². The number of nitrogens with zero attached hydrogens (tertiary/aromatic N) is 1. The van der Waals surface area contributed by atoms with Gasteiger partial charge in [0.05, 0.1) is 6.61 Å². The molecule has 2 unspecified atom stereocenters. The van der Waals surface area contributed by atoms with Crippen LogP contribution in [0.2, 0.25) is 0 Å². The maximum Gasteiger partial charge on any atom is 0.0611 e. The third-order valence-corrected chi connectivity index (χ3v) is 4.32. The van der Waals surface area contributed by atoms with E-state index >= 15 is 0 Å². The molecule has 0 saturated heterocycles. The molecule has 1 aliphatic rings. The third kappa shape index (κ3) is 4.26. The zero-order valence-electron chi connectivity index (χ0n) is 11.1. The SMILES string of the molecule is CC(CC(C)(CO)NC1CC1)Sc1ccncc1. The van der Waals surface area contributed by atoms with Crippen molar-refractivity contribution in [3.63, 3.8) is 0 Å². The number of aliphatic hydroxyl groups is 1. The van der Waals surface area contributed by atoms with Gasteiger partial charge in [0, 0.05) is 34.1 Å². The zero-order chi connectivity index (χ0) is 13.0. The van der Waals surface area contributed by atoms with E-state index in [1.165, 1.54) is 17.7 Å². The molecular weight excluding hydrogens is 244 g/mol. The van der Waals surface area contributed by atoms with Crippen molar-refractivity contribution in [3.05, 3.63) is 24.5 Å². The van der Waals surface area contributed by atoms with Gasteiger partial charge in [-0.1, -0.05) is 6.92 Å². The van der Waals surface area contributed by atoms with Gasteiger partial charge >= 0.3 is 0 Å². The number of thioether (sulfide) groups is 1. The van der Waals surface area contributed by atoms with E-state index in [0.717, 1.165) is 6.42 Å². The van der Waals surface area contributed by atoms with E-state index in [4.69, 9.17) is 0 Å². The topological polar surface area (TPSA) is 45.1 Å². The molecule has 0 bridgehead atoms. The van der Waals surface area contributed by atoms with E-state index < -0.39 is 0 Å². The summed E-state index contributed by atoms with van der Waals surface area (Å²) in [5, 5.41) is 13.6. The van der Waals surface area contributed by atoms with Crippen molar-refractivity contribution >= 4 is 11.8 Å². The van der Waals surface area contributed by atoms with E-state index in [9.17, 15) is 5.11 Å². The first-order valence-corrected chi connectivity index (χ1v) is 7.44. The summed E-state index contributed by atoms with van der Waals surface area (Å²) in [6, 6.07) is 4.69. The summed E-state index contributed by atoms with van der Waals surface area (Å²) in [6.07, 6.45) is 7.11. The van der Waals surface area contributed by atoms with Crippen LogP contribution >= 0.6 is 11.8 Å². The molecule has 100 valence electrons. The van der Waals surface area contributed by atoms with Crippen molar-refractivity contribution in [2.45, 2.75) is 54.8 Å². The van der Waals surface area contributed by atoms with Gasteiger partial charge in [0.15, 0.2) is 0 Å². The maximum absolute atomic E-state index is 9.60. The summed E-state index contributed by atoms with van der Waals surface area (Å²) in [5.74, 6) is 0. The molecule has 0 aromatic carbocycles. The van der Waals surface area contributed by atoms with Crippen LogP contribution in [0.1, 0.15) is 33.1 Å². The van der Waals surface area contributed by atoms with Crippen LogP contribution in [0.15, 0.2) is 29.4 Å². The Balaban J connectivity index is 1.86. The van der Waals surface area contributed by atoms with Gasteiger partial charge in [-0.2, -0.15) is 0 Å². The molecule has 1 saturated carbocycles. The molecule has 4 heteroatoms. The Morgan fingerprint density at radius 3 is 2.72 bits per heavy atom. The average Bonchev–Trinajstić information content (AvgIpc) is 3.13. The van der Waals surface area contributed by atoms with Crippen LogP contribution in [0.25, 0.3) is 0 Å². The van der Waals surface area contributed by atoms with Crippen molar-refractivity contribution in [2.75, 3.05) is 6.61 Å². The van der Waals surface area contributed by atoms with Crippen molar-refractivity contribution in [2.24, 2.45) is 0 Å². The Hall–Kier alpha value is -0.580. The second-order valence-corrected chi connectivity index (χ2v) is 6.96. The van der Waals surface area contributed by atoms with Crippen LogP contribution in [0.4, 0.5) is 0 Å². The number of rotatable bonds is 7. The lowest BCUT2D eigenvalue weighted by molar-refractivity contribution is 0.164. The van der Waals surface area contributed by atoms with E-state index in [1.807, 2.05) is 36.3 Å². The fraction of sp³-hybridized carbons (Fsp3) is 0.643. The lowest BCUT2D eigenvalue weighted by Gasteiger charge is -2.31. The van der Waals surface area contributed by atoms with E-state index in [-0.39, 0.29) is 12.1 Å². The monoisotopic (exact) mass is 266 g/mol. The van der Waals surface area contributed by atoms with Crippen molar-refractivity contribution in [3.8, 4) is 0 Å². The van der Waals surface area contributed by atoms with Gasteiger partial charge in [-0.05, 0) is 38.3 Å². The minimum atomic E-state index is -0.152. The smallest absolute Gasteiger partial charge is 0.0611 e. The molecule has 3 nitrogen and oxygen atoms in total. The second-order valence-electron chi connectivity index (χ2n) is 5.45. The Morgan fingerprint density at radius 1 is 1.50 bits per heavy atom. The molecule has 1 fully saturated rings. The van der Waals surface area contributed by atoms with E-state index in [0.29, 0.717) is 11.3 Å². The predicted octanol–water partition coefficient (Wildman–Crippen LogP) is 2.46. The molecular formula is C14H22N2OS. The Kier molecular flexibility index (Phi) is 4.65. The summed E-state index contributed by atoms with van der Waals surface area (Å²) in [7, 11) is 0. The van der Waals surface area contributed by atoms with Gasteiger partial charge in [0.2, 0.25) is 0 Å². The quantitative estimate of drug-likeness (QED) is 0.744. The summed E-state index contributed by atoms with van der Waals surface area (Å²) in [5.41, 5.74) is -0.152. The Bertz CT molecular complexity index is 369. The molecule has 1 aliphatic carbocycles. The van der Waals surface area contributed by atoms with Crippen LogP contribution in [0, 0.1) is 0 Å². The first-order chi connectivity index (χ1) is 8.61. The lowest BCUT2D eigenvalue weighted by Crippen LogP contribution is -2.48. The zero-order valence-corrected chi connectivity index (χ0v) is 11.9. The van der Waals surface area contributed by atoms with E-state index in [1.54, 1.807) is 0 Å². The lowest BCUT2D eigenvalue weighted by atomic mass is 9.97. The first-order valence-electron chi connectivity index (χ1n) is 6.56. The van der Waals surface area contributed by atoms with E-state index in [2.05, 4.69) is 24.1 Å². The highest BCUT2D eigenvalue weighted by molar-refractivity contribution is 7.99. The van der Waals surface area contributed by atoms with Gasteiger partial charge in [0.1, 0.15) is 0 Å². The number of nitrogens with one attached hydrogen (secondary N) is 1. The number of aromatic nitrogens is 1. The Morgan fingerprint density at radius 2 is 2.17 bits per heavy atom. The first kappa shape index (κ1) is 13.8. The molecule has 1 aromatic heterocycles. The molecule has 1 heterocycles. The summed E-state index contributed by atoms with van der Waals surface area (Å²) in [4.78, 5) is 5.27. The maximum atomic E-state index is 9.60. The molecule has 2 rings (SSSR count). The molecule has 1 aromatic rings. The molecule has 2 N–H and O–H groups in total. The molecule has 18 heavy (non-hydrogen) atoms. The highest BCUT2D eigenvalue weighted by atomic mass is 32.2. The molecule has 0 radical (unpaired) electrons. The number of aliphatic hydroxyl groups excluding tert-OH is 1. The van der Waals surface area contributed by atoms with Crippen LogP contribution < -0.4 is 5.32 Å². The second kappa shape index (κ2) is 6.04. The van der Waals surface area contributed by atoms with Crippen LogP contribution in [-0.2, 0) is 0 Å². The normalized spacial score (nSPS) is 20.4. The standard InChI is InChI=1S/C14H22N2OS/c1-11(18-13-5-7-15-8-6-13)9-14(2,10-17)16-12-3-4-12/h5-8,11-12,16-17H,3-4,9-10H2,1-2H3. The molecule has 2 atom stereocenters. The Labute approximate surface area is 113 Å². The van der Waals surface area contributed by atoms with Crippen molar-refractivity contribution in [1.82, 2.24) is 10.3 Å². The predicted molar refractivity (Wildman–Crippen MR) is 75.8 cm³/mol. The number of pyridine rings is 1. The number of hydrogen-bond acceptors (Lipinski definition) is 4. The van der Waals surface area contributed by atoms with Gasteiger partial charge in [-0.3, -0.25) is 4.98 Å². The van der Waals surface area contributed by atoms with Crippen LogP contribution in [0.3, 0.4) is 0 Å².